The van der Waals surface area contributed by atoms with E-state index in [0.717, 1.165) is 43.1 Å². The number of phenols is 1. The van der Waals surface area contributed by atoms with Crippen LogP contribution in [0.25, 0.3) is 11.3 Å². The van der Waals surface area contributed by atoms with Gasteiger partial charge in [-0.15, -0.1) is 0 Å². The molecule has 1 N–H and O–H groups in total. The van der Waals surface area contributed by atoms with Gasteiger partial charge in [-0.05, 0) is 48.7 Å². The van der Waals surface area contributed by atoms with Gasteiger partial charge in [0.15, 0.2) is 0 Å². The lowest BCUT2D eigenvalue weighted by atomic mass is 9.97. The van der Waals surface area contributed by atoms with Crippen LogP contribution in [0.4, 0.5) is 0 Å². The summed E-state index contributed by atoms with van der Waals surface area (Å²) in [5.41, 5.74) is 3.18. The molecule has 1 saturated heterocycles. The predicted octanol–water partition coefficient (Wildman–Crippen LogP) is 3.18. The zero-order valence-corrected chi connectivity index (χ0v) is 14.3. The van der Waals surface area contributed by atoms with E-state index in [2.05, 4.69) is 31.6 Å². The third-order valence-corrected chi connectivity index (χ3v) is 4.96. The minimum Gasteiger partial charge on any atom is -0.508 e. The van der Waals surface area contributed by atoms with Crippen LogP contribution in [0.15, 0.2) is 55.0 Å². The summed E-state index contributed by atoms with van der Waals surface area (Å²) >= 11 is 0. The van der Waals surface area contributed by atoms with Gasteiger partial charge in [0, 0.05) is 37.7 Å². The van der Waals surface area contributed by atoms with E-state index in [1.807, 2.05) is 37.8 Å². The number of phenolic OH excluding ortho intramolecular Hbond substituents is 1. The molecule has 1 aliphatic rings. The second-order valence-electron chi connectivity index (χ2n) is 6.70. The molecule has 0 spiro atoms. The molecule has 5 nitrogen and oxygen atoms in total. The first-order valence-electron chi connectivity index (χ1n) is 8.63. The molecule has 128 valence electrons. The Balaban J connectivity index is 1.49. The lowest BCUT2D eigenvalue weighted by molar-refractivity contribution is 0.314. The van der Waals surface area contributed by atoms with Crippen molar-refractivity contribution in [3.8, 4) is 17.0 Å². The van der Waals surface area contributed by atoms with Crippen molar-refractivity contribution in [3.63, 3.8) is 0 Å². The number of pyridine rings is 1. The van der Waals surface area contributed by atoms with E-state index < -0.39 is 0 Å². The standard InChI is InChI=1S/C20H22N4O/c1-23-10-8-22-20(23)14-24-9-6-17(13-24)15-5-7-21-19(12-15)16-3-2-4-18(25)11-16/h2-5,7-8,10-12,17,25H,6,9,13-14H2,1H3/t17-/m0/s1. The van der Waals surface area contributed by atoms with Crippen molar-refractivity contribution in [2.24, 2.45) is 7.05 Å². The van der Waals surface area contributed by atoms with Gasteiger partial charge in [-0.1, -0.05) is 12.1 Å². The lowest BCUT2D eigenvalue weighted by Crippen LogP contribution is -2.21. The molecule has 0 bridgehead atoms. The third kappa shape index (κ3) is 3.42. The minimum atomic E-state index is 0.270. The molecular formula is C20H22N4O. The molecule has 1 fully saturated rings. The number of likely N-dealkylation sites (tertiary alicyclic amines) is 1. The van der Waals surface area contributed by atoms with Gasteiger partial charge in [-0.2, -0.15) is 0 Å². The van der Waals surface area contributed by atoms with Gasteiger partial charge in [-0.25, -0.2) is 4.98 Å². The molecule has 1 aliphatic heterocycles. The van der Waals surface area contributed by atoms with Gasteiger partial charge in [0.2, 0.25) is 0 Å². The molecule has 0 unspecified atom stereocenters. The zero-order chi connectivity index (χ0) is 17.2. The van der Waals surface area contributed by atoms with E-state index >= 15 is 0 Å². The van der Waals surface area contributed by atoms with E-state index in [1.54, 1.807) is 12.1 Å². The van der Waals surface area contributed by atoms with Gasteiger partial charge in [0.05, 0.1) is 12.2 Å². The fraction of sp³-hybridized carbons (Fsp3) is 0.300. The quantitative estimate of drug-likeness (QED) is 0.796. The summed E-state index contributed by atoms with van der Waals surface area (Å²) in [6.07, 6.45) is 6.87. The number of nitrogens with zero attached hydrogens (tertiary/aromatic N) is 4. The van der Waals surface area contributed by atoms with Crippen LogP contribution in [0.5, 0.6) is 5.75 Å². The highest BCUT2D eigenvalue weighted by molar-refractivity contribution is 5.61. The van der Waals surface area contributed by atoms with Crippen LogP contribution in [0.2, 0.25) is 0 Å². The van der Waals surface area contributed by atoms with Crippen LogP contribution < -0.4 is 0 Å². The SMILES string of the molecule is Cn1ccnc1CN1CC[C@H](c2ccnc(-c3cccc(O)c3)c2)C1. The van der Waals surface area contributed by atoms with E-state index in [1.165, 1.54) is 5.56 Å². The summed E-state index contributed by atoms with van der Waals surface area (Å²) in [4.78, 5) is 11.4. The monoisotopic (exact) mass is 334 g/mol. The van der Waals surface area contributed by atoms with Crippen LogP contribution in [-0.4, -0.2) is 37.6 Å². The third-order valence-electron chi connectivity index (χ3n) is 4.96. The van der Waals surface area contributed by atoms with Gasteiger partial charge in [-0.3, -0.25) is 9.88 Å². The number of rotatable bonds is 4. The summed E-state index contributed by atoms with van der Waals surface area (Å²) in [6, 6.07) is 11.5. The van der Waals surface area contributed by atoms with Gasteiger partial charge in [0.1, 0.15) is 11.6 Å². The maximum absolute atomic E-state index is 9.69. The predicted molar refractivity (Wildman–Crippen MR) is 97.2 cm³/mol. The number of aromatic hydroxyl groups is 1. The normalized spacial score (nSPS) is 17.9. The number of benzene rings is 1. The maximum Gasteiger partial charge on any atom is 0.122 e. The largest absolute Gasteiger partial charge is 0.508 e. The maximum atomic E-state index is 9.69. The van der Waals surface area contributed by atoms with E-state index in [-0.39, 0.29) is 5.75 Å². The van der Waals surface area contributed by atoms with Crippen LogP contribution in [-0.2, 0) is 13.6 Å². The molecule has 0 amide bonds. The molecule has 2 aromatic heterocycles. The Labute approximate surface area is 147 Å². The lowest BCUT2D eigenvalue weighted by Gasteiger charge is -2.16. The Morgan fingerprint density at radius 1 is 1.16 bits per heavy atom. The number of hydrogen-bond donors (Lipinski definition) is 1. The molecule has 3 aromatic rings. The molecule has 1 aromatic carbocycles. The molecule has 4 rings (SSSR count). The van der Waals surface area contributed by atoms with Crippen molar-refractivity contribution >= 4 is 0 Å². The average Bonchev–Trinajstić information content (AvgIpc) is 3.25. The first-order valence-corrected chi connectivity index (χ1v) is 8.63. The van der Waals surface area contributed by atoms with E-state index in [4.69, 9.17) is 0 Å². The highest BCUT2D eigenvalue weighted by atomic mass is 16.3. The Kier molecular flexibility index (Phi) is 4.24. The number of imidazole rings is 1. The van der Waals surface area contributed by atoms with Gasteiger partial charge >= 0.3 is 0 Å². The summed E-state index contributed by atoms with van der Waals surface area (Å²) in [6.45, 7) is 3.02. The number of aryl methyl sites for hydroxylation is 1. The van der Waals surface area contributed by atoms with Crippen LogP contribution in [0, 0.1) is 0 Å². The number of hydrogen-bond acceptors (Lipinski definition) is 4. The van der Waals surface area contributed by atoms with Crippen LogP contribution in [0.3, 0.4) is 0 Å². The molecule has 3 heterocycles. The zero-order valence-electron chi connectivity index (χ0n) is 14.3. The molecule has 0 aliphatic carbocycles. The Hall–Kier alpha value is -2.66. The van der Waals surface area contributed by atoms with Gasteiger partial charge < -0.3 is 9.67 Å². The van der Waals surface area contributed by atoms with Crippen molar-refractivity contribution in [2.45, 2.75) is 18.9 Å². The average molecular weight is 334 g/mol. The highest BCUT2D eigenvalue weighted by Gasteiger charge is 2.25. The summed E-state index contributed by atoms with van der Waals surface area (Å²) in [7, 11) is 2.04. The molecule has 0 saturated carbocycles. The van der Waals surface area contributed by atoms with Crippen molar-refractivity contribution in [1.82, 2.24) is 19.4 Å². The molecule has 5 heteroatoms. The Morgan fingerprint density at radius 2 is 2.08 bits per heavy atom. The van der Waals surface area contributed by atoms with Gasteiger partial charge in [0.25, 0.3) is 0 Å². The van der Waals surface area contributed by atoms with Crippen molar-refractivity contribution in [2.75, 3.05) is 13.1 Å². The molecule has 1 atom stereocenters. The van der Waals surface area contributed by atoms with Crippen LogP contribution in [0.1, 0.15) is 23.7 Å². The highest BCUT2D eigenvalue weighted by Crippen LogP contribution is 2.30. The molecular weight excluding hydrogens is 312 g/mol. The molecule has 0 radical (unpaired) electrons. The van der Waals surface area contributed by atoms with Crippen LogP contribution >= 0.6 is 0 Å². The molecule has 25 heavy (non-hydrogen) atoms. The van der Waals surface area contributed by atoms with E-state index in [9.17, 15) is 5.11 Å². The topological polar surface area (TPSA) is 54.2 Å². The fourth-order valence-electron chi connectivity index (χ4n) is 3.52. The van der Waals surface area contributed by atoms with Crippen molar-refractivity contribution in [1.29, 1.82) is 0 Å². The Bertz CT molecular complexity index is 873. The summed E-state index contributed by atoms with van der Waals surface area (Å²) in [5, 5.41) is 9.69. The second-order valence-corrected chi connectivity index (χ2v) is 6.70. The number of aromatic nitrogens is 3. The minimum absolute atomic E-state index is 0.270. The fourth-order valence-corrected chi connectivity index (χ4v) is 3.52. The van der Waals surface area contributed by atoms with Crippen molar-refractivity contribution < 1.29 is 5.11 Å². The smallest absolute Gasteiger partial charge is 0.122 e. The summed E-state index contributed by atoms with van der Waals surface area (Å²) in [5.74, 6) is 1.89. The second kappa shape index (κ2) is 6.69. The summed E-state index contributed by atoms with van der Waals surface area (Å²) < 4.78 is 2.08. The first kappa shape index (κ1) is 15.8. The van der Waals surface area contributed by atoms with Crippen molar-refractivity contribution in [3.05, 3.63) is 66.4 Å². The first-order chi connectivity index (χ1) is 12.2. The van der Waals surface area contributed by atoms with E-state index in [0.29, 0.717) is 5.92 Å². The Morgan fingerprint density at radius 3 is 2.88 bits per heavy atom.